The van der Waals surface area contributed by atoms with Gasteiger partial charge in [-0.25, -0.2) is 0 Å². The molecule has 5 nitrogen and oxygen atoms in total. The first kappa shape index (κ1) is 16.5. The first-order valence-corrected chi connectivity index (χ1v) is 8.38. The molecule has 2 aromatic carbocycles. The molecule has 0 spiro atoms. The number of hydrazine groups is 1. The average Bonchev–Trinajstić information content (AvgIpc) is 2.63. The molecule has 0 bridgehead atoms. The number of hydrogen-bond donors (Lipinski definition) is 2. The number of carbonyl (C=O) groups excluding carboxylic acids is 1. The van der Waals surface area contributed by atoms with Crippen molar-refractivity contribution in [2.75, 3.05) is 37.9 Å². The molecule has 3 rings (SSSR count). The van der Waals surface area contributed by atoms with E-state index in [0.29, 0.717) is 13.1 Å². The van der Waals surface area contributed by atoms with Gasteiger partial charge in [0.25, 0.3) is 5.91 Å². The van der Waals surface area contributed by atoms with E-state index >= 15 is 0 Å². The minimum absolute atomic E-state index is 0.0340. The van der Waals surface area contributed by atoms with E-state index in [2.05, 4.69) is 17.6 Å². The minimum atomic E-state index is 0.0340. The third-order valence-corrected chi connectivity index (χ3v) is 4.12. The Morgan fingerprint density at radius 3 is 2.29 bits per heavy atom. The normalized spacial score (nSPS) is 15.0. The van der Waals surface area contributed by atoms with E-state index < -0.39 is 0 Å². The number of nitrogens with zero attached hydrogens (tertiary/aromatic N) is 1. The van der Waals surface area contributed by atoms with Gasteiger partial charge in [-0.3, -0.25) is 15.2 Å². The Labute approximate surface area is 142 Å². The van der Waals surface area contributed by atoms with Crippen LogP contribution in [0, 0.1) is 0 Å². The van der Waals surface area contributed by atoms with Crippen molar-refractivity contribution in [3.8, 4) is 0 Å². The zero-order valence-electron chi connectivity index (χ0n) is 13.8. The van der Waals surface area contributed by atoms with Crippen LogP contribution in [0.5, 0.6) is 0 Å². The lowest BCUT2D eigenvalue weighted by molar-refractivity contribution is -0.900. The molecule has 0 saturated carbocycles. The van der Waals surface area contributed by atoms with E-state index in [1.165, 1.54) is 4.90 Å². The number of ether oxygens (including phenoxy) is 1. The summed E-state index contributed by atoms with van der Waals surface area (Å²) < 4.78 is 5.35. The van der Waals surface area contributed by atoms with Gasteiger partial charge in [-0.2, -0.15) is 0 Å². The van der Waals surface area contributed by atoms with Crippen molar-refractivity contribution in [1.29, 1.82) is 0 Å². The Morgan fingerprint density at radius 1 is 1.00 bits per heavy atom. The van der Waals surface area contributed by atoms with Crippen LogP contribution in [0.4, 0.5) is 5.69 Å². The lowest BCUT2D eigenvalue weighted by Crippen LogP contribution is -3.15. The third-order valence-electron chi connectivity index (χ3n) is 4.12. The molecular weight excluding hydrogens is 302 g/mol. The Hall–Kier alpha value is -2.37. The molecule has 0 radical (unpaired) electrons. The summed E-state index contributed by atoms with van der Waals surface area (Å²) in [5, 5.41) is 1.91. The zero-order chi connectivity index (χ0) is 16.6. The number of carbonyl (C=O) groups is 1. The monoisotopic (exact) mass is 326 g/mol. The second-order valence-electron chi connectivity index (χ2n) is 5.98. The molecular formula is C19H24N3O2+. The standard InChI is InChI=1S/C19H23N3O2/c23-19(16-21-11-13-24-14-12-21)20-22(18-9-5-2-6-10-18)15-17-7-3-1-4-8-17/h1-10H,11-16H2,(H,20,23)/p+1. The molecule has 126 valence electrons. The molecule has 0 aromatic heterocycles. The zero-order valence-corrected chi connectivity index (χ0v) is 13.8. The topological polar surface area (TPSA) is 46.0 Å². The number of morpholine rings is 1. The summed E-state index contributed by atoms with van der Waals surface area (Å²) in [5.41, 5.74) is 5.19. The van der Waals surface area contributed by atoms with Crippen LogP contribution in [0.3, 0.4) is 0 Å². The number of para-hydroxylation sites is 1. The Morgan fingerprint density at radius 2 is 1.62 bits per heavy atom. The number of amides is 1. The molecule has 1 fully saturated rings. The van der Waals surface area contributed by atoms with Gasteiger partial charge in [0.2, 0.25) is 0 Å². The maximum absolute atomic E-state index is 12.5. The molecule has 1 saturated heterocycles. The summed E-state index contributed by atoms with van der Waals surface area (Å²) in [4.78, 5) is 13.7. The lowest BCUT2D eigenvalue weighted by Gasteiger charge is -2.28. The fourth-order valence-corrected chi connectivity index (χ4v) is 2.82. The van der Waals surface area contributed by atoms with E-state index in [4.69, 9.17) is 4.74 Å². The lowest BCUT2D eigenvalue weighted by atomic mass is 10.2. The predicted octanol–water partition coefficient (Wildman–Crippen LogP) is 0.640. The summed E-state index contributed by atoms with van der Waals surface area (Å²) in [6.07, 6.45) is 0. The van der Waals surface area contributed by atoms with Crippen LogP contribution in [0.25, 0.3) is 0 Å². The average molecular weight is 326 g/mol. The van der Waals surface area contributed by atoms with Gasteiger partial charge in [0.15, 0.2) is 6.54 Å². The van der Waals surface area contributed by atoms with Gasteiger partial charge in [0, 0.05) is 0 Å². The van der Waals surface area contributed by atoms with Gasteiger partial charge in [-0.05, 0) is 17.7 Å². The maximum Gasteiger partial charge on any atom is 0.293 e. The highest BCUT2D eigenvalue weighted by Crippen LogP contribution is 2.14. The number of benzene rings is 2. The molecule has 0 aliphatic carbocycles. The van der Waals surface area contributed by atoms with Crippen LogP contribution in [-0.2, 0) is 16.1 Å². The van der Waals surface area contributed by atoms with Crippen molar-refractivity contribution in [2.24, 2.45) is 0 Å². The molecule has 1 amide bonds. The van der Waals surface area contributed by atoms with Gasteiger partial charge in [-0.15, -0.1) is 0 Å². The van der Waals surface area contributed by atoms with Crippen molar-refractivity contribution in [1.82, 2.24) is 5.43 Å². The molecule has 5 heteroatoms. The van der Waals surface area contributed by atoms with Crippen LogP contribution in [0.2, 0.25) is 0 Å². The predicted molar refractivity (Wildman–Crippen MR) is 93.6 cm³/mol. The molecule has 2 aromatic rings. The fraction of sp³-hybridized carbons (Fsp3) is 0.316. The van der Waals surface area contributed by atoms with Gasteiger partial charge in [0.1, 0.15) is 13.1 Å². The largest absolute Gasteiger partial charge is 0.370 e. The molecule has 0 unspecified atom stereocenters. The number of quaternary nitrogens is 1. The maximum atomic E-state index is 12.5. The number of nitrogens with one attached hydrogen (secondary N) is 2. The fourth-order valence-electron chi connectivity index (χ4n) is 2.82. The smallest absolute Gasteiger partial charge is 0.293 e. The highest BCUT2D eigenvalue weighted by atomic mass is 16.5. The molecule has 24 heavy (non-hydrogen) atoms. The number of hydrogen-bond acceptors (Lipinski definition) is 3. The Bertz CT molecular complexity index is 628. The third kappa shape index (κ3) is 4.81. The van der Waals surface area contributed by atoms with E-state index in [1.807, 2.05) is 53.5 Å². The van der Waals surface area contributed by atoms with Crippen LogP contribution < -0.4 is 15.3 Å². The Kier molecular flexibility index (Phi) is 5.82. The number of rotatable bonds is 6. The quantitative estimate of drug-likeness (QED) is 0.766. The van der Waals surface area contributed by atoms with Crippen LogP contribution in [0.1, 0.15) is 5.56 Å². The van der Waals surface area contributed by atoms with E-state index in [0.717, 1.165) is 37.6 Å². The summed E-state index contributed by atoms with van der Waals surface area (Å²) in [7, 11) is 0. The summed E-state index contributed by atoms with van der Waals surface area (Å²) in [6, 6.07) is 20.1. The van der Waals surface area contributed by atoms with Gasteiger partial charge < -0.3 is 9.64 Å². The first-order valence-electron chi connectivity index (χ1n) is 8.38. The first-order chi connectivity index (χ1) is 11.8. The highest BCUT2D eigenvalue weighted by molar-refractivity contribution is 5.78. The minimum Gasteiger partial charge on any atom is -0.370 e. The molecule has 1 aliphatic heterocycles. The van der Waals surface area contributed by atoms with Crippen LogP contribution in [0.15, 0.2) is 60.7 Å². The molecule has 0 atom stereocenters. The van der Waals surface area contributed by atoms with Gasteiger partial charge in [0.05, 0.1) is 25.4 Å². The second kappa shape index (κ2) is 8.47. The van der Waals surface area contributed by atoms with Crippen LogP contribution >= 0.6 is 0 Å². The van der Waals surface area contributed by atoms with E-state index in [1.54, 1.807) is 0 Å². The highest BCUT2D eigenvalue weighted by Gasteiger charge is 2.19. The second-order valence-corrected chi connectivity index (χ2v) is 5.98. The van der Waals surface area contributed by atoms with Crippen molar-refractivity contribution < 1.29 is 14.4 Å². The van der Waals surface area contributed by atoms with Crippen molar-refractivity contribution in [3.05, 3.63) is 66.2 Å². The summed E-state index contributed by atoms with van der Waals surface area (Å²) in [6.45, 7) is 4.34. The molecule has 2 N–H and O–H groups in total. The SMILES string of the molecule is O=C(C[NH+]1CCOCC1)NN(Cc1ccccc1)c1ccccc1. The van der Waals surface area contributed by atoms with Crippen LogP contribution in [-0.4, -0.2) is 38.8 Å². The van der Waals surface area contributed by atoms with Gasteiger partial charge in [-0.1, -0.05) is 48.5 Å². The van der Waals surface area contributed by atoms with E-state index in [-0.39, 0.29) is 5.91 Å². The van der Waals surface area contributed by atoms with Gasteiger partial charge >= 0.3 is 0 Å². The van der Waals surface area contributed by atoms with Crippen molar-refractivity contribution >= 4 is 11.6 Å². The van der Waals surface area contributed by atoms with Crippen molar-refractivity contribution in [2.45, 2.75) is 6.54 Å². The summed E-state index contributed by atoms with van der Waals surface area (Å²) >= 11 is 0. The molecule has 1 aliphatic rings. The van der Waals surface area contributed by atoms with E-state index in [9.17, 15) is 4.79 Å². The number of anilines is 1. The Balaban J connectivity index is 1.66. The van der Waals surface area contributed by atoms with Crippen molar-refractivity contribution in [3.63, 3.8) is 0 Å². The molecule has 1 heterocycles. The summed E-state index contributed by atoms with van der Waals surface area (Å²) in [5.74, 6) is 0.0340.